The molecule has 2 aromatic rings. The minimum atomic E-state index is 0.557. The lowest BCUT2D eigenvalue weighted by molar-refractivity contribution is 0.425. The molecule has 7 heteroatoms. The molecule has 0 radical (unpaired) electrons. The third kappa shape index (κ3) is 2.98. The highest BCUT2D eigenvalue weighted by Gasteiger charge is 2.16. The number of rotatable bonds is 5. The highest BCUT2D eigenvalue weighted by Crippen LogP contribution is 2.38. The number of aryl methyl sites for hydroxylation is 1. The van der Waals surface area contributed by atoms with Gasteiger partial charge in [0.1, 0.15) is 15.8 Å². The van der Waals surface area contributed by atoms with Crippen molar-refractivity contribution < 1.29 is 0 Å². The number of anilines is 2. The summed E-state index contributed by atoms with van der Waals surface area (Å²) in [5, 5.41) is 7.34. The van der Waals surface area contributed by atoms with E-state index in [-0.39, 0.29) is 0 Å². The van der Waals surface area contributed by atoms with E-state index in [1.165, 1.54) is 11.5 Å². The Hall–Kier alpha value is -1.18. The van der Waals surface area contributed by atoms with Crippen LogP contribution in [0.3, 0.4) is 0 Å². The Kier molecular flexibility index (Phi) is 4.15. The lowest BCUT2D eigenvalue weighted by Gasteiger charge is -2.10. The Bertz CT molecular complexity index is 517. The minimum absolute atomic E-state index is 0.557. The van der Waals surface area contributed by atoms with Crippen LogP contribution in [-0.2, 0) is 0 Å². The van der Waals surface area contributed by atoms with E-state index < -0.39 is 0 Å². The van der Waals surface area contributed by atoms with Crippen LogP contribution in [0.25, 0.3) is 10.6 Å². The zero-order valence-electron chi connectivity index (χ0n) is 10.7. The molecule has 2 heterocycles. The third-order valence-corrected chi connectivity index (χ3v) is 4.19. The van der Waals surface area contributed by atoms with Gasteiger partial charge in [0, 0.05) is 24.2 Å². The van der Waals surface area contributed by atoms with Crippen molar-refractivity contribution in [3.05, 3.63) is 11.1 Å². The minimum Gasteiger partial charge on any atom is -0.382 e. The molecule has 2 rings (SSSR count). The molecule has 0 spiro atoms. The molecule has 0 atom stereocenters. The first-order valence-electron chi connectivity index (χ1n) is 5.64. The molecule has 0 aromatic carbocycles. The summed E-state index contributed by atoms with van der Waals surface area (Å²) in [6, 6.07) is 0. The van der Waals surface area contributed by atoms with E-state index in [2.05, 4.69) is 19.6 Å². The molecule has 98 valence electrons. The van der Waals surface area contributed by atoms with Crippen LogP contribution in [0.15, 0.2) is 5.38 Å². The monoisotopic (exact) mass is 283 g/mol. The molecule has 0 bridgehead atoms. The molecule has 0 saturated carbocycles. The van der Waals surface area contributed by atoms with Crippen molar-refractivity contribution in [2.24, 2.45) is 0 Å². The van der Waals surface area contributed by atoms with Crippen molar-refractivity contribution in [2.45, 2.75) is 6.92 Å². The Morgan fingerprint density at radius 3 is 2.83 bits per heavy atom. The van der Waals surface area contributed by atoms with Gasteiger partial charge in [0.05, 0.1) is 5.56 Å². The van der Waals surface area contributed by atoms with Crippen molar-refractivity contribution >= 4 is 33.7 Å². The fourth-order valence-corrected chi connectivity index (χ4v) is 3.15. The summed E-state index contributed by atoms with van der Waals surface area (Å²) < 4.78 is 4.21. The topological polar surface area (TPSA) is 67.1 Å². The number of hydrogen-bond donors (Lipinski definition) is 2. The average Bonchev–Trinajstić information content (AvgIpc) is 2.85. The van der Waals surface area contributed by atoms with Crippen molar-refractivity contribution in [1.82, 2.24) is 14.3 Å². The summed E-state index contributed by atoms with van der Waals surface area (Å²) in [7, 11) is 4.10. The Balaban J connectivity index is 2.17. The molecular formula is C11H17N5S2. The van der Waals surface area contributed by atoms with Crippen molar-refractivity contribution in [3.63, 3.8) is 0 Å². The molecule has 0 aliphatic heterocycles. The second-order valence-corrected chi connectivity index (χ2v) is 5.93. The molecule has 18 heavy (non-hydrogen) atoms. The average molecular weight is 283 g/mol. The third-order valence-electron chi connectivity index (χ3n) is 2.40. The molecule has 3 N–H and O–H groups in total. The van der Waals surface area contributed by atoms with Gasteiger partial charge in [0.15, 0.2) is 0 Å². The first kappa shape index (κ1) is 13.3. The lowest BCUT2D eigenvalue weighted by atomic mass is 10.3. The molecule has 0 amide bonds. The predicted molar refractivity (Wildman–Crippen MR) is 79.4 cm³/mol. The van der Waals surface area contributed by atoms with Gasteiger partial charge in [-0.25, -0.2) is 4.98 Å². The van der Waals surface area contributed by atoms with Crippen LogP contribution in [0.4, 0.5) is 10.8 Å². The second-order valence-electron chi connectivity index (χ2n) is 4.30. The normalized spacial score (nSPS) is 11.1. The summed E-state index contributed by atoms with van der Waals surface area (Å²) in [6.45, 7) is 3.81. The largest absolute Gasteiger partial charge is 0.382 e. The van der Waals surface area contributed by atoms with Gasteiger partial charge in [0.25, 0.3) is 0 Å². The van der Waals surface area contributed by atoms with Gasteiger partial charge in [-0.05, 0) is 32.6 Å². The van der Waals surface area contributed by atoms with Crippen LogP contribution in [-0.4, -0.2) is 41.4 Å². The number of nitrogen functional groups attached to an aromatic ring is 1. The summed E-state index contributed by atoms with van der Waals surface area (Å²) in [5.74, 6) is 0.557. The van der Waals surface area contributed by atoms with E-state index >= 15 is 0 Å². The number of nitrogens with one attached hydrogen (secondary N) is 1. The fourth-order valence-electron chi connectivity index (χ4n) is 1.49. The highest BCUT2D eigenvalue weighted by atomic mass is 32.1. The van der Waals surface area contributed by atoms with Crippen molar-refractivity contribution in [3.8, 4) is 10.6 Å². The number of nitrogens with two attached hydrogens (primary N) is 1. The molecule has 0 aliphatic carbocycles. The van der Waals surface area contributed by atoms with Crippen LogP contribution >= 0.6 is 22.9 Å². The van der Waals surface area contributed by atoms with Crippen LogP contribution in [0.1, 0.15) is 5.69 Å². The van der Waals surface area contributed by atoms with Crippen molar-refractivity contribution in [1.29, 1.82) is 0 Å². The van der Waals surface area contributed by atoms with E-state index in [1.54, 1.807) is 11.3 Å². The van der Waals surface area contributed by atoms with Crippen LogP contribution in [0, 0.1) is 6.92 Å². The maximum absolute atomic E-state index is 5.93. The molecular weight excluding hydrogens is 266 g/mol. The van der Waals surface area contributed by atoms with Crippen LogP contribution in [0.2, 0.25) is 0 Å². The smallest absolute Gasteiger partial charge is 0.149 e. The summed E-state index contributed by atoms with van der Waals surface area (Å²) in [6.07, 6.45) is 0. The van der Waals surface area contributed by atoms with E-state index in [1.807, 2.05) is 26.4 Å². The zero-order chi connectivity index (χ0) is 13.1. The second kappa shape index (κ2) is 5.64. The maximum atomic E-state index is 5.93. The van der Waals surface area contributed by atoms with Gasteiger partial charge < -0.3 is 16.0 Å². The summed E-state index contributed by atoms with van der Waals surface area (Å²) >= 11 is 2.99. The molecule has 2 aromatic heterocycles. The first-order valence-corrected chi connectivity index (χ1v) is 7.29. The van der Waals surface area contributed by atoms with Gasteiger partial charge in [-0.1, -0.05) is 0 Å². The highest BCUT2D eigenvalue weighted by molar-refractivity contribution is 7.15. The number of likely N-dealkylation sites (N-methyl/N-ethyl adjacent to an activating group) is 1. The van der Waals surface area contributed by atoms with Gasteiger partial charge in [-0.3, -0.25) is 0 Å². The Morgan fingerprint density at radius 2 is 2.22 bits per heavy atom. The molecule has 5 nitrogen and oxygen atoms in total. The Morgan fingerprint density at radius 1 is 1.44 bits per heavy atom. The number of thiazole rings is 1. The first-order chi connectivity index (χ1) is 8.58. The maximum Gasteiger partial charge on any atom is 0.149 e. The van der Waals surface area contributed by atoms with Gasteiger partial charge in [0.2, 0.25) is 0 Å². The van der Waals surface area contributed by atoms with E-state index in [0.29, 0.717) is 5.82 Å². The van der Waals surface area contributed by atoms with Crippen LogP contribution < -0.4 is 11.1 Å². The molecule has 0 fully saturated rings. The standard InChI is InChI=1S/C11H17N5S2/c1-7-6-17-11(14-7)8-9(12)15-18-10(8)13-4-5-16(2)3/h6,13H,4-5H2,1-3H3,(H2,12,15). The van der Waals surface area contributed by atoms with E-state index in [4.69, 9.17) is 5.73 Å². The number of nitrogens with zero attached hydrogens (tertiary/aromatic N) is 3. The number of hydrogen-bond acceptors (Lipinski definition) is 7. The van der Waals surface area contributed by atoms with Crippen molar-refractivity contribution in [2.75, 3.05) is 38.2 Å². The molecule has 0 saturated heterocycles. The number of aromatic nitrogens is 2. The SMILES string of the molecule is Cc1csc(-c2c(N)nsc2NCCN(C)C)n1. The van der Waals surface area contributed by atoms with E-state index in [9.17, 15) is 0 Å². The summed E-state index contributed by atoms with van der Waals surface area (Å²) in [5.41, 5.74) is 7.89. The van der Waals surface area contributed by atoms with Crippen LogP contribution in [0.5, 0.6) is 0 Å². The fraction of sp³-hybridized carbons (Fsp3) is 0.455. The quantitative estimate of drug-likeness (QED) is 0.880. The van der Waals surface area contributed by atoms with Gasteiger partial charge >= 0.3 is 0 Å². The Labute approximate surface area is 115 Å². The van der Waals surface area contributed by atoms with Gasteiger partial charge in [-0.15, -0.1) is 11.3 Å². The zero-order valence-corrected chi connectivity index (χ0v) is 12.4. The summed E-state index contributed by atoms with van der Waals surface area (Å²) in [4.78, 5) is 6.60. The predicted octanol–water partition coefficient (Wildman–Crippen LogP) is 2.13. The lowest BCUT2D eigenvalue weighted by Crippen LogP contribution is -2.20. The van der Waals surface area contributed by atoms with Gasteiger partial charge in [-0.2, -0.15) is 4.37 Å². The molecule has 0 unspecified atom stereocenters. The molecule has 0 aliphatic rings. The van der Waals surface area contributed by atoms with E-state index in [0.717, 1.165) is 34.4 Å².